The van der Waals surface area contributed by atoms with Gasteiger partial charge in [-0.05, 0) is 79.8 Å². The van der Waals surface area contributed by atoms with E-state index in [9.17, 15) is 4.79 Å². The SMILES string of the molecule is CNC[C@@H]1CCCN(C(=O)[C@H](C)Oc2ccc(C)cc2Br)C1. The monoisotopic (exact) mass is 368 g/mol. The van der Waals surface area contributed by atoms with Crippen LogP contribution in [-0.4, -0.2) is 43.6 Å². The van der Waals surface area contributed by atoms with E-state index < -0.39 is 6.10 Å². The number of piperidine rings is 1. The first-order valence-electron chi connectivity index (χ1n) is 7.87. The lowest BCUT2D eigenvalue weighted by atomic mass is 9.97. The van der Waals surface area contributed by atoms with E-state index in [4.69, 9.17) is 4.74 Å². The predicted octanol–water partition coefficient (Wildman–Crippen LogP) is 2.98. The van der Waals surface area contributed by atoms with Gasteiger partial charge in [0, 0.05) is 13.1 Å². The fraction of sp³-hybridized carbons (Fsp3) is 0.588. The van der Waals surface area contributed by atoms with E-state index in [1.807, 2.05) is 44.0 Å². The Morgan fingerprint density at radius 3 is 3.00 bits per heavy atom. The number of hydrogen-bond acceptors (Lipinski definition) is 3. The lowest BCUT2D eigenvalue weighted by Gasteiger charge is -2.34. The molecule has 122 valence electrons. The molecule has 2 rings (SSSR count). The fourth-order valence-corrected chi connectivity index (χ4v) is 3.51. The zero-order chi connectivity index (χ0) is 16.1. The minimum Gasteiger partial charge on any atom is -0.480 e. The minimum absolute atomic E-state index is 0.0771. The van der Waals surface area contributed by atoms with Crippen molar-refractivity contribution in [2.24, 2.45) is 5.92 Å². The van der Waals surface area contributed by atoms with E-state index in [0.29, 0.717) is 5.92 Å². The first kappa shape index (κ1) is 17.3. The number of ether oxygens (including phenoxy) is 1. The summed E-state index contributed by atoms with van der Waals surface area (Å²) in [5.41, 5.74) is 1.16. The van der Waals surface area contributed by atoms with Gasteiger partial charge in [0.1, 0.15) is 5.75 Å². The van der Waals surface area contributed by atoms with Gasteiger partial charge < -0.3 is 15.0 Å². The molecule has 0 aromatic heterocycles. The summed E-state index contributed by atoms with van der Waals surface area (Å²) in [4.78, 5) is 14.5. The predicted molar refractivity (Wildman–Crippen MR) is 92.2 cm³/mol. The first-order chi connectivity index (χ1) is 10.5. The minimum atomic E-state index is -0.465. The van der Waals surface area contributed by atoms with E-state index in [1.54, 1.807) is 0 Å². The van der Waals surface area contributed by atoms with Crippen molar-refractivity contribution in [3.05, 3.63) is 28.2 Å². The Hall–Kier alpha value is -1.07. The van der Waals surface area contributed by atoms with Crippen molar-refractivity contribution < 1.29 is 9.53 Å². The standard InChI is InChI=1S/C17H25BrN2O2/c1-12-6-7-16(15(18)9-12)22-13(2)17(21)20-8-4-5-14(11-20)10-19-3/h6-7,9,13-14,19H,4-5,8,10-11H2,1-3H3/t13-,14-/m0/s1. The molecule has 1 aromatic rings. The number of aryl methyl sites for hydroxylation is 1. The third-order valence-electron chi connectivity index (χ3n) is 4.06. The maximum absolute atomic E-state index is 12.6. The second kappa shape index (κ2) is 7.97. The van der Waals surface area contributed by atoms with Crippen LogP contribution in [0.5, 0.6) is 5.75 Å². The third kappa shape index (κ3) is 4.46. The summed E-state index contributed by atoms with van der Waals surface area (Å²) in [7, 11) is 1.96. The summed E-state index contributed by atoms with van der Waals surface area (Å²) in [5, 5.41) is 3.20. The van der Waals surface area contributed by atoms with Crippen molar-refractivity contribution >= 4 is 21.8 Å². The molecule has 1 aliphatic heterocycles. The molecule has 0 aliphatic carbocycles. The van der Waals surface area contributed by atoms with Crippen LogP contribution in [0.15, 0.2) is 22.7 Å². The van der Waals surface area contributed by atoms with Gasteiger partial charge in [-0.3, -0.25) is 4.79 Å². The van der Waals surface area contributed by atoms with Gasteiger partial charge >= 0.3 is 0 Å². The highest BCUT2D eigenvalue weighted by atomic mass is 79.9. The topological polar surface area (TPSA) is 41.6 Å². The van der Waals surface area contributed by atoms with E-state index in [-0.39, 0.29) is 5.91 Å². The average Bonchev–Trinajstić information content (AvgIpc) is 2.50. The Bertz CT molecular complexity index is 519. The Morgan fingerprint density at radius 2 is 2.32 bits per heavy atom. The molecule has 5 heteroatoms. The summed E-state index contributed by atoms with van der Waals surface area (Å²) in [5.74, 6) is 1.34. The quantitative estimate of drug-likeness (QED) is 0.868. The molecule has 0 radical (unpaired) electrons. The molecule has 1 aromatic carbocycles. The van der Waals surface area contributed by atoms with Gasteiger partial charge in [0.05, 0.1) is 4.47 Å². The lowest BCUT2D eigenvalue weighted by molar-refractivity contribution is -0.139. The number of amides is 1. The summed E-state index contributed by atoms with van der Waals surface area (Å²) >= 11 is 3.49. The van der Waals surface area contributed by atoms with Gasteiger partial charge in [0.25, 0.3) is 5.91 Å². The van der Waals surface area contributed by atoms with E-state index in [1.165, 1.54) is 6.42 Å². The van der Waals surface area contributed by atoms with Crippen LogP contribution in [0.3, 0.4) is 0 Å². The molecule has 0 saturated carbocycles. The van der Waals surface area contributed by atoms with Crippen LogP contribution in [-0.2, 0) is 4.79 Å². The van der Waals surface area contributed by atoms with Crippen LogP contribution >= 0.6 is 15.9 Å². The Kier molecular flexibility index (Phi) is 6.26. The maximum atomic E-state index is 12.6. The Balaban J connectivity index is 1.96. The zero-order valence-corrected chi connectivity index (χ0v) is 15.1. The van der Waals surface area contributed by atoms with Crippen molar-refractivity contribution in [3.8, 4) is 5.75 Å². The van der Waals surface area contributed by atoms with Crippen LogP contribution in [0.4, 0.5) is 0 Å². The molecule has 0 spiro atoms. The number of nitrogens with one attached hydrogen (secondary N) is 1. The number of halogens is 1. The smallest absolute Gasteiger partial charge is 0.263 e. The molecule has 1 fully saturated rings. The number of carbonyl (C=O) groups excluding carboxylic acids is 1. The first-order valence-corrected chi connectivity index (χ1v) is 8.66. The van der Waals surface area contributed by atoms with E-state index in [0.717, 1.165) is 41.8 Å². The highest BCUT2D eigenvalue weighted by Crippen LogP contribution is 2.27. The lowest BCUT2D eigenvalue weighted by Crippen LogP contribution is -2.47. The van der Waals surface area contributed by atoms with Gasteiger partial charge in [-0.2, -0.15) is 0 Å². The van der Waals surface area contributed by atoms with Gasteiger partial charge in [-0.25, -0.2) is 0 Å². The molecule has 0 bridgehead atoms. The van der Waals surface area contributed by atoms with Gasteiger partial charge in [-0.15, -0.1) is 0 Å². The second-order valence-electron chi connectivity index (χ2n) is 6.04. The summed E-state index contributed by atoms with van der Waals surface area (Å²) in [6.45, 7) is 6.47. The molecule has 1 saturated heterocycles. The van der Waals surface area contributed by atoms with Gasteiger partial charge in [-0.1, -0.05) is 6.07 Å². The molecule has 0 unspecified atom stereocenters. The third-order valence-corrected chi connectivity index (χ3v) is 4.68. The molecular weight excluding hydrogens is 344 g/mol. The maximum Gasteiger partial charge on any atom is 0.263 e. The van der Waals surface area contributed by atoms with Crippen molar-refractivity contribution in [1.29, 1.82) is 0 Å². The van der Waals surface area contributed by atoms with Gasteiger partial charge in [0.2, 0.25) is 0 Å². The van der Waals surface area contributed by atoms with Gasteiger partial charge in [0.15, 0.2) is 6.10 Å². The molecule has 1 aliphatic rings. The number of rotatable bonds is 5. The van der Waals surface area contributed by atoms with Crippen molar-refractivity contribution in [2.45, 2.75) is 32.8 Å². The van der Waals surface area contributed by atoms with E-state index in [2.05, 4.69) is 21.2 Å². The molecule has 4 nitrogen and oxygen atoms in total. The molecule has 1 N–H and O–H groups in total. The number of nitrogens with zero attached hydrogens (tertiary/aromatic N) is 1. The number of hydrogen-bond donors (Lipinski definition) is 1. The molecule has 2 atom stereocenters. The Morgan fingerprint density at radius 1 is 1.55 bits per heavy atom. The molecular formula is C17H25BrN2O2. The summed E-state index contributed by atoms with van der Waals surface area (Å²) in [6, 6.07) is 5.89. The van der Waals surface area contributed by atoms with Crippen molar-refractivity contribution in [1.82, 2.24) is 10.2 Å². The number of carbonyl (C=O) groups is 1. The van der Waals surface area contributed by atoms with Crippen LogP contribution in [0.1, 0.15) is 25.3 Å². The molecule has 22 heavy (non-hydrogen) atoms. The van der Waals surface area contributed by atoms with Crippen LogP contribution < -0.4 is 10.1 Å². The fourth-order valence-electron chi connectivity index (χ4n) is 2.92. The number of benzene rings is 1. The Labute approximate surface area is 141 Å². The second-order valence-corrected chi connectivity index (χ2v) is 6.90. The normalized spacial score (nSPS) is 19.8. The number of likely N-dealkylation sites (tertiary alicyclic amines) is 1. The van der Waals surface area contributed by atoms with Crippen LogP contribution in [0, 0.1) is 12.8 Å². The zero-order valence-electron chi connectivity index (χ0n) is 13.6. The summed E-state index contributed by atoms with van der Waals surface area (Å²) < 4.78 is 6.74. The molecule has 1 amide bonds. The van der Waals surface area contributed by atoms with E-state index >= 15 is 0 Å². The largest absolute Gasteiger partial charge is 0.480 e. The average molecular weight is 369 g/mol. The van der Waals surface area contributed by atoms with Crippen molar-refractivity contribution in [3.63, 3.8) is 0 Å². The summed E-state index contributed by atoms with van der Waals surface area (Å²) in [6.07, 6.45) is 1.79. The molecule has 1 heterocycles. The highest BCUT2D eigenvalue weighted by Gasteiger charge is 2.27. The highest BCUT2D eigenvalue weighted by molar-refractivity contribution is 9.10. The van der Waals surface area contributed by atoms with Crippen LogP contribution in [0.2, 0.25) is 0 Å². The van der Waals surface area contributed by atoms with Crippen molar-refractivity contribution in [2.75, 3.05) is 26.7 Å². The van der Waals surface area contributed by atoms with Crippen LogP contribution in [0.25, 0.3) is 0 Å².